The lowest BCUT2D eigenvalue weighted by Gasteiger charge is -2.14. The second-order valence-corrected chi connectivity index (χ2v) is 4.91. The monoisotopic (exact) mass is 241 g/mol. The lowest BCUT2D eigenvalue weighted by atomic mass is 9.96. The summed E-state index contributed by atoms with van der Waals surface area (Å²) < 4.78 is 12.9. The van der Waals surface area contributed by atoms with Gasteiger partial charge >= 0.3 is 0 Å². The summed E-state index contributed by atoms with van der Waals surface area (Å²) in [5, 5.41) is 0. The smallest absolute Gasteiger partial charge is 0.123 e. The predicted octanol–water partition coefficient (Wildman–Crippen LogP) is 3.36. The Labute approximate surface area is 106 Å². The van der Waals surface area contributed by atoms with Gasteiger partial charge in [-0.1, -0.05) is 30.3 Å². The first-order valence-corrected chi connectivity index (χ1v) is 6.37. The first kappa shape index (κ1) is 11.4. The summed E-state index contributed by atoms with van der Waals surface area (Å²) in [5.74, 6) is -0.222. The van der Waals surface area contributed by atoms with Crippen LogP contribution >= 0.6 is 0 Å². The third-order valence-electron chi connectivity index (χ3n) is 3.71. The van der Waals surface area contributed by atoms with Crippen LogP contribution in [0.4, 0.5) is 4.39 Å². The molecule has 0 aromatic heterocycles. The molecule has 0 spiro atoms. The van der Waals surface area contributed by atoms with Gasteiger partial charge in [0.25, 0.3) is 0 Å². The van der Waals surface area contributed by atoms with Crippen molar-refractivity contribution < 1.29 is 4.39 Å². The molecule has 0 saturated carbocycles. The molecule has 2 aromatic rings. The van der Waals surface area contributed by atoms with E-state index in [1.54, 1.807) is 12.1 Å². The van der Waals surface area contributed by atoms with Crippen LogP contribution in [0, 0.1) is 5.82 Å². The van der Waals surface area contributed by atoms with Crippen molar-refractivity contribution in [1.82, 2.24) is 0 Å². The summed E-state index contributed by atoms with van der Waals surface area (Å²) in [6.45, 7) is 0. The second-order valence-electron chi connectivity index (χ2n) is 4.91. The zero-order valence-electron chi connectivity index (χ0n) is 10.2. The molecule has 18 heavy (non-hydrogen) atoms. The van der Waals surface area contributed by atoms with E-state index >= 15 is 0 Å². The predicted molar refractivity (Wildman–Crippen MR) is 70.9 cm³/mol. The molecule has 1 unspecified atom stereocenters. The van der Waals surface area contributed by atoms with E-state index in [1.807, 2.05) is 0 Å². The lowest BCUT2D eigenvalue weighted by Crippen LogP contribution is -2.12. The summed E-state index contributed by atoms with van der Waals surface area (Å²) in [5.41, 5.74) is 11.2. The maximum absolute atomic E-state index is 12.9. The Hall–Kier alpha value is -1.67. The summed E-state index contributed by atoms with van der Waals surface area (Å²) in [6, 6.07) is 12.7. The van der Waals surface area contributed by atoms with Crippen molar-refractivity contribution in [3.8, 4) is 0 Å². The minimum Gasteiger partial charge on any atom is -0.320 e. The Kier molecular flexibility index (Phi) is 2.88. The molecule has 1 atom stereocenters. The number of hydrogen-bond acceptors (Lipinski definition) is 1. The lowest BCUT2D eigenvalue weighted by molar-refractivity contribution is 0.626. The van der Waals surface area contributed by atoms with E-state index in [4.69, 9.17) is 5.73 Å². The minimum atomic E-state index is -0.222. The highest BCUT2D eigenvalue weighted by Crippen LogP contribution is 2.27. The normalized spacial score (nSPS) is 15.4. The van der Waals surface area contributed by atoms with Crippen LogP contribution in [-0.2, 0) is 12.8 Å². The van der Waals surface area contributed by atoms with E-state index in [1.165, 1.54) is 36.1 Å². The third kappa shape index (κ3) is 2.04. The molecule has 0 bridgehead atoms. The topological polar surface area (TPSA) is 26.0 Å². The van der Waals surface area contributed by atoms with Crippen LogP contribution in [0.1, 0.15) is 34.7 Å². The molecule has 0 amide bonds. The van der Waals surface area contributed by atoms with Gasteiger partial charge in [-0.2, -0.15) is 0 Å². The molecule has 0 saturated heterocycles. The number of hydrogen-bond donors (Lipinski definition) is 1. The van der Waals surface area contributed by atoms with E-state index in [-0.39, 0.29) is 11.9 Å². The van der Waals surface area contributed by atoms with E-state index in [0.29, 0.717) is 0 Å². The van der Waals surface area contributed by atoms with E-state index in [0.717, 1.165) is 17.5 Å². The number of benzene rings is 2. The van der Waals surface area contributed by atoms with Crippen LogP contribution in [0.2, 0.25) is 0 Å². The summed E-state index contributed by atoms with van der Waals surface area (Å²) in [7, 11) is 0. The third-order valence-corrected chi connectivity index (χ3v) is 3.71. The zero-order chi connectivity index (χ0) is 12.5. The van der Waals surface area contributed by atoms with Crippen molar-refractivity contribution in [2.24, 2.45) is 5.73 Å². The van der Waals surface area contributed by atoms with Crippen molar-refractivity contribution in [1.29, 1.82) is 0 Å². The Morgan fingerprint density at radius 2 is 1.56 bits per heavy atom. The van der Waals surface area contributed by atoms with Crippen LogP contribution in [0.5, 0.6) is 0 Å². The molecule has 3 rings (SSSR count). The van der Waals surface area contributed by atoms with E-state index in [9.17, 15) is 4.39 Å². The minimum absolute atomic E-state index is 0.170. The maximum Gasteiger partial charge on any atom is 0.123 e. The van der Waals surface area contributed by atoms with Gasteiger partial charge < -0.3 is 5.73 Å². The van der Waals surface area contributed by atoms with Gasteiger partial charge in [-0.05, 0) is 53.6 Å². The van der Waals surface area contributed by atoms with E-state index in [2.05, 4.69) is 18.2 Å². The van der Waals surface area contributed by atoms with Crippen LogP contribution in [0.25, 0.3) is 0 Å². The fraction of sp³-hybridized carbons (Fsp3) is 0.250. The standard InChI is InChI=1S/C16H16FN/c17-15-8-6-12(7-9-15)16(18)14-5-4-11-2-1-3-13(11)10-14/h4-10,16H,1-3,18H2. The number of rotatable bonds is 2. The van der Waals surface area contributed by atoms with Gasteiger partial charge in [0.1, 0.15) is 5.82 Å². The SMILES string of the molecule is NC(c1ccc(F)cc1)c1ccc2c(c1)CCC2. The fourth-order valence-corrected chi connectivity index (χ4v) is 2.65. The van der Waals surface area contributed by atoms with Crippen molar-refractivity contribution in [2.75, 3.05) is 0 Å². The van der Waals surface area contributed by atoms with Gasteiger partial charge in [0, 0.05) is 0 Å². The molecule has 0 heterocycles. The molecule has 2 aromatic carbocycles. The van der Waals surface area contributed by atoms with Crippen molar-refractivity contribution in [2.45, 2.75) is 25.3 Å². The molecule has 0 radical (unpaired) electrons. The highest BCUT2D eigenvalue weighted by atomic mass is 19.1. The number of nitrogens with two attached hydrogens (primary N) is 1. The van der Waals surface area contributed by atoms with Crippen molar-refractivity contribution in [3.63, 3.8) is 0 Å². The molecule has 0 aliphatic heterocycles. The van der Waals surface area contributed by atoms with Gasteiger partial charge in [0.05, 0.1) is 6.04 Å². The van der Waals surface area contributed by atoms with Crippen LogP contribution in [0.3, 0.4) is 0 Å². The average molecular weight is 241 g/mol. The number of aryl methyl sites for hydroxylation is 2. The van der Waals surface area contributed by atoms with Crippen LogP contribution in [0.15, 0.2) is 42.5 Å². The van der Waals surface area contributed by atoms with Gasteiger partial charge in [-0.15, -0.1) is 0 Å². The summed E-state index contributed by atoms with van der Waals surface area (Å²) >= 11 is 0. The summed E-state index contributed by atoms with van der Waals surface area (Å²) in [6.07, 6.45) is 3.57. The van der Waals surface area contributed by atoms with Crippen molar-refractivity contribution >= 4 is 0 Å². The highest BCUT2D eigenvalue weighted by Gasteiger charge is 2.14. The average Bonchev–Trinajstić information content (AvgIpc) is 2.86. The first-order chi connectivity index (χ1) is 8.74. The molecular weight excluding hydrogens is 225 g/mol. The summed E-state index contributed by atoms with van der Waals surface area (Å²) in [4.78, 5) is 0. The quantitative estimate of drug-likeness (QED) is 0.857. The molecule has 2 N–H and O–H groups in total. The molecule has 1 nitrogen and oxygen atoms in total. The van der Waals surface area contributed by atoms with Crippen molar-refractivity contribution in [3.05, 3.63) is 70.5 Å². The van der Waals surface area contributed by atoms with Gasteiger partial charge in [-0.3, -0.25) is 0 Å². The highest BCUT2D eigenvalue weighted by molar-refractivity contribution is 5.39. The fourth-order valence-electron chi connectivity index (χ4n) is 2.65. The molecule has 0 fully saturated rings. The number of fused-ring (bicyclic) bond motifs is 1. The number of halogens is 1. The molecule has 2 heteroatoms. The largest absolute Gasteiger partial charge is 0.320 e. The molecular formula is C16H16FN. The Morgan fingerprint density at radius 3 is 2.33 bits per heavy atom. The molecule has 92 valence electrons. The first-order valence-electron chi connectivity index (χ1n) is 6.37. The van der Waals surface area contributed by atoms with E-state index < -0.39 is 0 Å². The molecule has 1 aliphatic rings. The van der Waals surface area contributed by atoms with Crippen LogP contribution in [-0.4, -0.2) is 0 Å². The zero-order valence-corrected chi connectivity index (χ0v) is 10.2. The Balaban J connectivity index is 1.92. The van der Waals surface area contributed by atoms with Gasteiger partial charge in [-0.25, -0.2) is 4.39 Å². The Morgan fingerprint density at radius 1 is 0.889 bits per heavy atom. The van der Waals surface area contributed by atoms with Gasteiger partial charge in [0.2, 0.25) is 0 Å². The van der Waals surface area contributed by atoms with Gasteiger partial charge in [0.15, 0.2) is 0 Å². The maximum atomic E-state index is 12.9. The van der Waals surface area contributed by atoms with Crippen LogP contribution < -0.4 is 5.73 Å². The second kappa shape index (κ2) is 4.54. The molecule has 1 aliphatic carbocycles. The Bertz CT molecular complexity index is 560.